The first-order valence-electron chi connectivity index (χ1n) is 6.05. The van der Waals surface area contributed by atoms with Crippen LogP contribution in [0.15, 0.2) is 12.7 Å². The molecule has 0 amide bonds. The number of hydrogen-bond donors (Lipinski definition) is 0. The van der Waals surface area contributed by atoms with Crippen molar-refractivity contribution in [2.24, 2.45) is 5.41 Å². The highest BCUT2D eigenvalue weighted by atomic mass is 16.5. The normalized spacial score (nSPS) is 24.5. The molecule has 1 fully saturated rings. The molecule has 3 nitrogen and oxygen atoms in total. The summed E-state index contributed by atoms with van der Waals surface area (Å²) in [6, 6.07) is 0. The predicted octanol–water partition coefficient (Wildman–Crippen LogP) is 2.70. The Morgan fingerprint density at radius 2 is 2.38 bits per heavy atom. The molecule has 3 heteroatoms. The van der Waals surface area contributed by atoms with E-state index in [9.17, 15) is 4.79 Å². The quantitative estimate of drug-likeness (QED) is 0.534. The molecule has 2 atom stereocenters. The van der Waals surface area contributed by atoms with Gasteiger partial charge in [-0.25, -0.2) is 0 Å². The Hall–Kier alpha value is -0.830. The Balaban J connectivity index is 2.57. The maximum atomic E-state index is 11.8. The van der Waals surface area contributed by atoms with Crippen LogP contribution in [0.4, 0.5) is 0 Å². The van der Waals surface area contributed by atoms with Gasteiger partial charge in [0, 0.05) is 6.61 Å². The zero-order chi connectivity index (χ0) is 12.0. The molecule has 0 saturated carbocycles. The van der Waals surface area contributed by atoms with Crippen LogP contribution in [0.25, 0.3) is 0 Å². The Bertz CT molecular complexity index is 244. The minimum absolute atomic E-state index is 0.168. The van der Waals surface area contributed by atoms with Gasteiger partial charge in [0.25, 0.3) is 0 Å². The highest BCUT2D eigenvalue weighted by Crippen LogP contribution is 2.31. The summed E-state index contributed by atoms with van der Waals surface area (Å²) in [4.78, 5) is 11.8. The van der Waals surface area contributed by atoms with Crippen LogP contribution in [0.5, 0.6) is 0 Å². The van der Waals surface area contributed by atoms with E-state index in [1.165, 1.54) is 6.42 Å². The molecular weight excluding hydrogens is 204 g/mol. The molecule has 2 unspecified atom stereocenters. The second-order valence-electron chi connectivity index (χ2n) is 4.53. The van der Waals surface area contributed by atoms with Crippen LogP contribution in [0.2, 0.25) is 0 Å². The Morgan fingerprint density at radius 3 is 2.88 bits per heavy atom. The van der Waals surface area contributed by atoms with Crippen molar-refractivity contribution < 1.29 is 14.3 Å². The fourth-order valence-electron chi connectivity index (χ4n) is 1.99. The molecule has 0 radical (unpaired) electrons. The summed E-state index contributed by atoms with van der Waals surface area (Å²) in [6.45, 7) is 8.65. The zero-order valence-corrected chi connectivity index (χ0v) is 10.3. The summed E-state index contributed by atoms with van der Waals surface area (Å²) in [7, 11) is 0. The second-order valence-corrected chi connectivity index (χ2v) is 4.53. The van der Waals surface area contributed by atoms with E-state index in [0.29, 0.717) is 13.0 Å². The molecule has 1 rings (SSSR count). The van der Waals surface area contributed by atoms with Crippen LogP contribution >= 0.6 is 0 Å². The summed E-state index contributed by atoms with van der Waals surface area (Å²) in [6.07, 6.45) is 5.86. The number of hydrogen-bond acceptors (Lipinski definition) is 3. The number of carbonyl (C=O) groups excluding carboxylic acids is 1. The van der Waals surface area contributed by atoms with Gasteiger partial charge < -0.3 is 9.47 Å². The summed E-state index contributed by atoms with van der Waals surface area (Å²) in [5.41, 5.74) is -0.613. The van der Waals surface area contributed by atoms with Gasteiger partial charge >= 0.3 is 5.97 Å². The van der Waals surface area contributed by atoms with Gasteiger partial charge in [0.15, 0.2) is 0 Å². The Kier molecular flexibility index (Phi) is 5.00. The summed E-state index contributed by atoms with van der Waals surface area (Å²) >= 11 is 0. The molecule has 0 spiro atoms. The first-order valence-corrected chi connectivity index (χ1v) is 6.05. The van der Waals surface area contributed by atoms with Crippen LogP contribution in [0, 0.1) is 5.41 Å². The molecule has 0 aromatic rings. The van der Waals surface area contributed by atoms with E-state index in [1.54, 1.807) is 6.08 Å². The van der Waals surface area contributed by atoms with Crippen molar-refractivity contribution in [1.29, 1.82) is 0 Å². The van der Waals surface area contributed by atoms with Crippen molar-refractivity contribution in [3.8, 4) is 0 Å². The standard InChI is InChI=1S/C13H22O3/c1-4-13(3,12(14)15-5-2)10-11-8-6-7-9-16-11/h4,11H,1,5-10H2,2-3H3. The average molecular weight is 226 g/mol. The minimum Gasteiger partial charge on any atom is -0.465 e. The molecule has 1 aliphatic rings. The molecular formula is C13H22O3. The molecule has 1 saturated heterocycles. The van der Waals surface area contributed by atoms with E-state index in [4.69, 9.17) is 9.47 Å². The van der Waals surface area contributed by atoms with Crippen molar-refractivity contribution in [2.45, 2.75) is 45.6 Å². The van der Waals surface area contributed by atoms with Gasteiger partial charge in [0.1, 0.15) is 0 Å². The third kappa shape index (κ3) is 3.34. The second kappa shape index (κ2) is 6.04. The van der Waals surface area contributed by atoms with Crippen LogP contribution in [0.1, 0.15) is 39.5 Å². The highest BCUT2D eigenvalue weighted by Gasteiger charge is 2.35. The number of ether oxygens (including phenoxy) is 2. The monoisotopic (exact) mass is 226 g/mol. The Morgan fingerprint density at radius 1 is 1.62 bits per heavy atom. The summed E-state index contributed by atoms with van der Waals surface area (Å²) < 4.78 is 10.7. The van der Waals surface area contributed by atoms with E-state index in [-0.39, 0.29) is 12.1 Å². The molecule has 1 aliphatic heterocycles. The van der Waals surface area contributed by atoms with Crippen LogP contribution in [-0.2, 0) is 14.3 Å². The third-order valence-electron chi connectivity index (χ3n) is 3.12. The van der Waals surface area contributed by atoms with Gasteiger partial charge in [0.2, 0.25) is 0 Å². The summed E-state index contributed by atoms with van der Waals surface area (Å²) in [5, 5.41) is 0. The van der Waals surface area contributed by atoms with Crippen LogP contribution in [0.3, 0.4) is 0 Å². The SMILES string of the molecule is C=CC(C)(CC1CCCCO1)C(=O)OCC. The fraction of sp³-hybridized carbons (Fsp3) is 0.769. The Labute approximate surface area is 97.8 Å². The van der Waals surface area contributed by atoms with E-state index in [2.05, 4.69) is 6.58 Å². The smallest absolute Gasteiger partial charge is 0.315 e. The van der Waals surface area contributed by atoms with Gasteiger partial charge in [-0.05, 0) is 39.5 Å². The van der Waals surface area contributed by atoms with Gasteiger partial charge in [-0.1, -0.05) is 6.08 Å². The number of carbonyl (C=O) groups is 1. The third-order valence-corrected chi connectivity index (χ3v) is 3.12. The van der Waals surface area contributed by atoms with Gasteiger partial charge in [-0.15, -0.1) is 6.58 Å². The minimum atomic E-state index is -0.613. The lowest BCUT2D eigenvalue weighted by Gasteiger charge is -2.30. The van der Waals surface area contributed by atoms with E-state index in [0.717, 1.165) is 19.4 Å². The van der Waals surface area contributed by atoms with Crippen molar-refractivity contribution >= 4 is 5.97 Å². The van der Waals surface area contributed by atoms with E-state index >= 15 is 0 Å². The van der Waals surface area contributed by atoms with E-state index < -0.39 is 5.41 Å². The lowest BCUT2D eigenvalue weighted by Crippen LogP contribution is -2.34. The van der Waals surface area contributed by atoms with Gasteiger partial charge in [0.05, 0.1) is 18.1 Å². The fourth-order valence-corrected chi connectivity index (χ4v) is 1.99. The summed E-state index contributed by atoms with van der Waals surface area (Å²) in [5.74, 6) is -0.195. The maximum Gasteiger partial charge on any atom is 0.315 e. The van der Waals surface area contributed by atoms with Crippen molar-refractivity contribution in [2.75, 3.05) is 13.2 Å². The largest absolute Gasteiger partial charge is 0.465 e. The molecule has 0 aliphatic carbocycles. The molecule has 92 valence electrons. The number of rotatable bonds is 5. The number of esters is 1. The topological polar surface area (TPSA) is 35.5 Å². The average Bonchev–Trinajstić information content (AvgIpc) is 2.30. The van der Waals surface area contributed by atoms with Crippen LogP contribution < -0.4 is 0 Å². The molecule has 0 bridgehead atoms. The lowest BCUT2D eigenvalue weighted by atomic mass is 9.83. The van der Waals surface area contributed by atoms with Crippen molar-refractivity contribution in [3.63, 3.8) is 0 Å². The maximum absolute atomic E-state index is 11.8. The van der Waals surface area contributed by atoms with E-state index in [1.807, 2.05) is 13.8 Å². The van der Waals surface area contributed by atoms with Crippen molar-refractivity contribution in [3.05, 3.63) is 12.7 Å². The predicted molar refractivity (Wildman–Crippen MR) is 63.1 cm³/mol. The molecule has 1 heterocycles. The van der Waals surface area contributed by atoms with Crippen LogP contribution in [-0.4, -0.2) is 25.3 Å². The van der Waals surface area contributed by atoms with Crippen molar-refractivity contribution in [1.82, 2.24) is 0 Å². The molecule has 0 N–H and O–H groups in total. The zero-order valence-electron chi connectivity index (χ0n) is 10.3. The molecule has 0 aromatic carbocycles. The lowest BCUT2D eigenvalue weighted by molar-refractivity contribution is -0.154. The first-order chi connectivity index (χ1) is 7.62. The first kappa shape index (κ1) is 13.2. The van der Waals surface area contributed by atoms with Gasteiger partial charge in [-0.2, -0.15) is 0 Å². The molecule has 0 aromatic heterocycles. The highest BCUT2D eigenvalue weighted by molar-refractivity contribution is 5.78. The van der Waals surface area contributed by atoms with Gasteiger partial charge in [-0.3, -0.25) is 4.79 Å². The molecule has 16 heavy (non-hydrogen) atoms.